The van der Waals surface area contributed by atoms with Gasteiger partial charge in [-0.25, -0.2) is 9.97 Å². The number of pyridine rings is 1. The molecule has 0 radical (unpaired) electrons. The number of aromatic amines is 1. The molecule has 0 aliphatic carbocycles. The van der Waals surface area contributed by atoms with Crippen LogP contribution in [0.3, 0.4) is 0 Å². The predicted molar refractivity (Wildman–Crippen MR) is 67.9 cm³/mol. The molecule has 0 saturated carbocycles. The number of nitrogens with one attached hydrogen (secondary N) is 2. The van der Waals surface area contributed by atoms with Crippen LogP contribution in [0.4, 0.5) is 0 Å². The van der Waals surface area contributed by atoms with Crippen LogP contribution in [0, 0.1) is 12.8 Å². The molecule has 1 atom stereocenters. The van der Waals surface area contributed by atoms with Gasteiger partial charge in [-0.1, -0.05) is 0 Å². The highest BCUT2D eigenvalue weighted by Gasteiger charge is 2.15. The molecule has 4 heteroatoms. The maximum Gasteiger partial charge on any atom is 0.177 e. The molecule has 1 saturated heterocycles. The molecule has 3 heterocycles. The van der Waals surface area contributed by atoms with Crippen molar-refractivity contribution in [3.05, 3.63) is 23.7 Å². The van der Waals surface area contributed by atoms with Crippen molar-refractivity contribution in [2.75, 3.05) is 13.1 Å². The summed E-state index contributed by atoms with van der Waals surface area (Å²) in [7, 11) is 0. The maximum atomic E-state index is 4.57. The lowest BCUT2D eigenvalue weighted by Gasteiger charge is -2.21. The van der Waals surface area contributed by atoms with Gasteiger partial charge < -0.3 is 10.3 Å². The summed E-state index contributed by atoms with van der Waals surface area (Å²) < 4.78 is 0. The van der Waals surface area contributed by atoms with Gasteiger partial charge in [0.2, 0.25) is 0 Å². The highest BCUT2D eigenvalue weighted by atomic mass is 15.0. The number of aryl methyl sites for hydroxylation is 1. The number of H-pyrrole nitrogens is 1. The second-order valence-corrected chi connectivity index (χ2v) is 4.93. The Labute approximate surface area is 101 Å². The second-order valence-electron chi connectivity index (χ2n) is 4.93. The number of hydrogen-bond acceptors (Lipinski definition) is 3. The summed E-state index contributed by atoms with van der Waals surface area (Å²) >= 11 is 0. The van der Waals surface area contributed by atoms with Gasteiger partial charge in [-0.05, 0) is 50.4 Å². The van der Waals surface area contributed by atoms with Crippen LogP contribution < -0.4 is 5.32 Å². The largest absolute Gasteiger partial charge is 0.340 e. The fraction of sp³-hybridized carbons (Fsp3) is 0.538. The molecule has 2 aromatic heterocycles. The van der Waals surface area contributed by atoms with Gasteiger partial charge in [0.1, 0.15) is 5.82 Å². The number of piperidine rings is 1. The third-order valence-corrected chi connectivity index (χ3v) is 3.53. The molecular formula is C13H18N4. The summed E-state index contributed by atoms with van der Waals surface area (Å²) in [6.45, 7) is 4.37. The van der Waals surface area contributed by atoms with Crippen molar-refractivity contribution in [1.82, 2.24) is 20.3 Å². The Bertz CT molecular complexity index is 511. The average molecular weight is 230 g/mol. The molecular weight excluding hydrogens is 212 g/mol. The van der Waals surface area contributed by atoms with Crippen molar-refractivity contribution in [2.24, 2.45) is 5.92 Å². The normalized spacial score (nSPS) is 20.9. The molecule has 2 aromatic rings. The molecule has 0 spiro atoms. The summed E-state index contributed by atoms with van der Waals surface area (Å²) in [5.41, 5.74) is 3.16. The van der Waals surface area contributed by atoms with Crippen LogP contribution in [0.2, 0.25) is 0 Å². The molecule has 4 nitrogen and oxygen atoms in total. The Morgan fingerprint density at radius 1 is 1.47 bits per heavy atom. The summed E-state index contributed by atoms with van der Waals surface area (Å²) in [5.74, 6) is 1.79. The molecule has 1 unspecified atom stereocenters. The van der Waals surface area contributed by atoms with E-state index in [1.54, 1.807) is 0 Å². The molecule has 3 rings (SSSR count). The Morgan fingerprint density at radius 2 is 2.41 bits per heavy atom. The number of imidazole rings is 1. The third kappa shape index (κ3) is 2.17. The van der Waals surface area contributed by atoms with Gasteiger partial charge >= 0.3 is 0 Å². The van der Waals surface area contributed by atoms with E-state index in [1.807, 2.05) is 12.3 Å². The molecule has 1 aliphatic rings. The van der Waals surface area contributed by atoms with E-state index < -0.39 is 0 Å². The van der Waals surface area contributed by atoms with Gasteiger partial charge in [0.15, 0.2) is 5.65 Å². The van der Waals surface area contributed by atoms with Crippen LogP contribution in [-0.4, -0.2) is 28.0 Å². The lowest BCUT2D eigenvalue weighted by atomic mass is 9.96. The highest BCUT2D eigenvalue weighted by molar-refractivity contribution is 5.74. The quantitative estimate of drug-likeness (QED) is 0.827. The first-order valence-corrected chi connectivity index (χ1v) is 6.34. The summed E-state index contributed by atoms with van der Waals surface area (Å²) in [4.78, 5) is 12.3. The fourth-order valence-electron chi connectivity index (χ4n) is 2.55. The molecule has 17 heavy (non-hydrogen) atoms. The van der Waals surface area contributed by atoms with Gasteiger partial charge in [0.05, 0.1) is 5.52 Å². The predicted octanol–water partition coefficient (Wildman–Crippen LogP) is 1.81. The van der Waals surface area contributed by atoms with Gasteiger partial charge in [-0.15, -0.1) is 0 Å². The lowest BCUT2D eigenvalue weighted by molar-refractivity contribution is 0.371. The van der Waals surface area contributed by atoms with E-state index in [2.05, 4.69) is 27.2 Å². The minimum atomic E-state index is 0.713. The maximum absolute atomic E-state index is 4.57. The standard InChI is InChI=1S/C13H18N4/c1-9-4-6-15-13-12(9)16-11(17-13)7-10-3-2-5-14-8-10/h4,6,10,14H,2-3,5,7-8H2,1H3,(H,15,16,17). The number of hydrogen-bond donors (Lipinski definition) is 2. The van der Waals surface area contributed by atoms with Crippen molar-refractivity contribution in [1.29, 1.82) is 0 Å². The van der Waals surface area contributed by atoms with E-state index in [-0.39, 0.29) is 0 Å². The van der Waals surface area contributed by atoms with E-state index in [0.29, 0.717) is 5.92 Å². The smallest absolute Gasteiger partial charge is 0.177 e. The van der Waals surface area contributed by atoms with Crippen molar-refractivity contribution in [2.45, 2.75) is 26.2 Å². The Kier molecular flexibility index (Phi) is 2.81. The third-order valence-electron chi connectivity index (χ3n) is 3.53. The van der Waals surface area contributed by atoms with Crippen LogP contribution >= 0.6 is 0 Å². The summed E-state index contributed by atoms with van der Waals surface area (Å²) in [6.07, 6.45) is 5.44. The van der Waals surface area contributed by atoms with Crippen molar-refractivity contribution >= 4 is 11.2 Å². The molecule has 1 fully saturated rings. The van der Waals surface area contributed by atoms with Crippen molar-refractivity contribution in [3.63, 3.8) is 0 Å². The molecule has 0 aromatic carbocycles. The van der Waals surface area contributed by atoms with Crippen LogP contribution in [-0.2, 0) is 6.42 Å². The van der Waals surface area contributed by atoms with E-state index in [0.717, 1.165) is 36.5 Å². The van der Waals surface area contributed by atoms with E-state index >= 15 is 0 Å². The van der Waals surface area contributed by atoms with E-state index in [9.17, 15) is 0 Å². The zero-order valence-electron chi connectivity index (χ0n) is 10.2. The zero-order valence-corrected chi connectivity index (χ0v) is 10.2. The SMILES string of the molecule is Cc1ccnc2nc(CC3CCCNC3)[nH]c12. The van der Waals surface area contributed by atoms with Gasteiger partial charge in [-0.3, -0.25) is 0 Å². The number of rotatable bonds is 2. The molecule has 90 valence electrons. The zero-order chi connectivity index (χ0) is 11.7. The molecule has 1 aliphatic heterocycles. The van der Waals surface area contributed by atoms with Crippen LogP contribution in [0.1, 0.15) is 24.2 Å². The first-order chi connectivity index (χ1) is 8.33. The van der Waals surface area contributed by atoms with Gasteiger partial charge in [-0.2, -0.15) is 0 Å². The summed E-state index contributed by atoms with van der Waals surface area (Å²) in [5, 5.41) is 3.44. The van der Waals surface area contributed by atoms with Crippen molar-refractivity contribution < 1.29 is 0 Å². The lowest BCUT2D eigenvalue weighted by Crippen LogP contribution is -2.31. The molecule has 0 bridgehead atoms. The van der Waals surface area contributed by atoms with E-state index in [1.165, 1.54) is 18.4 Å². The number of fused-ring (bicyclic) bond motifs is 1. The van der Waals surface area contributed by atoms with Gasteiger partial charge in [0, 0.05) is 12.6 Å². The second kappa shape index (κ2) is 4.45. The minimum Gasteiger partial charge on any atom is -0.340 e. The number of nitrogens with zero attached hydrogens (tertiary/aromatic N) is 2. The summed E-state index contributed by atoms with van der Waals surface area (Å²) in [6, 6.07) is 2.02. The fourth-order valence-corrected chi connectivity index (χ4v) is 2.55. The van der Waals surface area contributed by atoms with Crippen LogP contribution in [0.25, 0.3) is 11.2 Å². The van der Waals surface area contributed by atoms with Crippen molar-refractivity contribution in [3.8, 4) is 0 Å². The Hall–Kier alpha value is -1.42. The highest BCUT2D eigenvalue weighted by Crippen LogP contribution is 2.18. The van der Waals surface area contributed by atoms with Crippen LogP contribution in [0.15, 0.2) is 12.3 Å². The van der Waals surface area contributed by atoms with E-state index in [4.69, 9.17) is 0 Å². The Balaban J connectivity index is 1.83. The number of aromatic nitrogens is 3. The van der Waals surface area contributed by atoms with Gasteiger partial charge in [0.25, 0.3) is 0 Å². The van der Waals surface area contributed by atoms with Crippen LogP contribution in [0.5, 0.6) is 0 Å². The monoisotopic (exact) mass is 230 g/mol. The first kappa shape index (κ1) is 10.7. The minimum absolute atomic E-state index is 0.713. The molecule has 2 N–H and O–H groups in total. The molecule has 0 amide bonds. The Morgan fingerprint density at radius 3 is 3.18 bits per heavy atom. The topological polar surface area (TPSA) is 53.6 Å². The first-order valence-electron chi connectivity index (χ1n) is 6.34. The average Bonchev–Trinajstić information content (AvgIpc) is 2.74.